The lowest BCUT2D eigenvalue weighted by Gasteiger charge is -2.24. The van der Waals surface area contributed by atoms with Crippen molar-refractivity contribution >= 4 is 11.9 Å². The van der Waals surface area contributed by atoms with E-state index in [1.54, 1.807) is 0 Å². The van der Waals surface area contributed by atoms with Crippen LogP contribution < -0.4 is 5.32 Å². The molecule has 0 saturated heterocycles. The van der Waals surface area contributed by atoms with Gasteiger partial charge >= 0.3 is 5.97 Å². The van der Waals surface area contributed by atoms with E-state index >= 15 is 0 Å². The molecule has 0 bridgehead atoms. The fourth-order valence-electron chi connectivity index (χ4n) is 7.43. The molecule has 0 aliphatic carbocycles. The largest absolute Gasteiger partial charge is 0.462 e. The van der Waals surface area contributed by atoms with E-state index in [4.69, 9.17) is 4.74 Å². The van der Waals surface area contributed by atoms with Gasteiger partial charge in [-0.3, -0.25) is 9.59 Å². The van der Waals surface area contributed by atoms with Crippen molar-refractivity contribution in [2.24, 2.45) is 0 Å². The summed E-state index contributed by atoms with van der Waals surface area (Å²) < 4.78 is 5.89. The fraction of sp³-hybridized carbons (Fsp3) is 0.917. The molecule has 0 heterocycles. The topological polar surface area (TPSA) is 95.9 Å². The summed E-state index contributed by atoms with van der Waals surface area (Å²) in [6, 6.07) is -0.701. The van der Waals surface area contributed by atoms with E-state index in [9.17, 15) is 19.8 Å². The molecule has 0 saturated carbocycles. The molecule has 0 aromatic carbocycles. The van der Waals surface area contributed by atoms with Gasteiger partial charge in [-0.25, -0.2) is 0 Å². The molecule has 3 N–H and O–H groups in total. The van der Waals surface area contributed by atoms with E-state index < -0.39 is 18.2 Å². The maximum Gasteiger partial charge on any atom is 0.306 e. The number of carbonyl (C=O) groups excluding carboxylic acids is 2. The quantitative estimate of drug-likeness (QED) is 0.0326. The maximum absolute atomic E-state index is 13.1. The van der Waals surface area contributed by atoms with Crippen LogP contribution in [0.25, 0.3) is 0 Å². The van der Waals surface area contributed by atoms with Gasteiger partial charge in [-0.2, -0.15) is 0 Å². The van der Waals surface area contributed by atoms with Gasteiger partial charge in [0.05, 0.1) is 25.2 Å². The van der Waals surface area contributed by atoms with Gasteiger partial charge in [0.25, 0.3) is 0 Å². The van der Waals surface area contributed by atoms with Crippen LogP contribution in [0.1, 0.15) is 258 Å². The number of aliphatic hydroxyl groups excluding tert-OH is 2. The standard InChI is InChI=1S/C48H93NO5/c1-4-7-10-13-16-19-21-23-24-26-29-32-35-38-41-48(53)54-44(39-36-33-30-28-25-22-20-17-14-11-8-5-2)42-47(52)49-45(43-50)46(51)40-37-34-31-27-18-15-12-9-6-3/h28,30,44-46,50-51H,4-27,29,31-43H2,1-3H3,(H,49,52)/b30-28-. The average Bonchev–Trinajstić information content (AvgIpc) is 3.16. The Labute approximate surface area is 336 Å². The van der Waals surface area contributed by atoms with Gasteiger partial charge in [-0.15, -0.1) is 0 Å². The van der Waals surface area contributed by atoms with Crippen LogP contribution in [0.5, 0.6) is 0 Å². The van der Waals surface area contributed by atoms with Gasteiger partial charge in [0.15, 0.2) is 0 Å². The molecule has 320 valence electrons. The molecule has 54 heavy (non-hydrogen) atoms. The summed E-state index contributed by atoms with van der Waals surface area (Å²) in [6.07, 6.45) is 45.6. The van der Waals surface area contributed by atoms with Crippen molar-refractivity contribution in [3.8, 4) is 0 Å². The summed E-state index contributed by atoms with van der Waals surface area (Å²) >= 11 is 0. The summed E-state index contributed by atoms with van der Waals surface area (Å²) in [5.41, 5.74) is 0. The molecular formula is C48H93NO5. The Balaban J connectivity index is 4.57. The molecule has 1 amide bonds. The van der Waals surface area contributed by atoms with E-state index in [1.807, 2.05) is 0 Å². The second-order valence-electron chi connectivity index (χ2n) is 16.5. The summed E-state index contributed by atoms with van der Waals surface area (Å²) in [6.45, 7) is 6.46. The van der Waals surface area contributed by atoms with E-state index in [0.29, 0.717) is 19.3 Å². The van der Waals surface area contributed by atoms with Crippen molar-refractivity contribution in [3.05, 3.63) is 12.2 Å². The molecular weight excluding hydrogens is 671 g/mol. The molecule has 3 unspecified atom stereocenters. The van der Waals surface area contributed by atoms with E-state index in [2.05, 4.69) is 38.2 Å². The molecule has 0 aromatic rings. The first-order valence-electron chi connectivity index (χ1n) is 23.9. The lowest BCUT2D eigenvalue weighted by molar-refractivity contribution is -0.151. The van der Waals surface area contributed by atoms with Crippen molar-refractivity contribution in [2.45, 2.75) is 277 Å². The van der Waals surface area contributed by atoms with Crippen LogP contribution in [0.4, 0.5) is 0 Å². The zero-order valence-electron chi connectivity index (χ0n) is 36.4. The Morgan fingerprint density at radius 1 is 0.519 bits per heavy atom. The Hall–Kier alpha value is -1.40. The fourth-order valence-corrected chi connectivity index (χ4v) is 7.43. The third-order valence-electron chi connectivity index (χ3n) is 11.1. The minimum atomic E-state index is -0.786. The van der Waals surface area contributed by atoms with Crippen LogP contribution >= 0.6 is 0 Å². The van der Waals surface area contributed by atoms with Gasteiger partial charge in [0.1, 0.15) is 6.10 Å². The predicted octanol–water partition coefficient (Wildman–Crippen LogP) is 13.8. The number of unbranched alkanes of at least 4 members (excludes halogenated alkanes) is 29. The molecule has 0 aliphatic rings. The number of ether oxygens (including phenoxy) is 1. The zero-order valence-corrected chi connectivity index (χ0v) is 36.4. The van der Waals surface area contributed by atoms with Gasteiger partial charge in [0, 0.05) is 6.42 Å². The zero-order chi connectivity index (χ0) is 39.6. The lowest BCUT2D eigenvalue weighted by Crippen LogP contribution is -2.46. The van der Waals surface area contributed by atoms with Crippen molar-refractivity contribution in [1.29, 1.82) is 0 Å². The van der Waals surface area contributed by atoms with Crippen LogP contribution in [-0.4, -0.2) is 46.9 Å². The second-order valence-corrected chi connectivity index (χ2v) is 16.5. The number of hydrogen-bond acceptors (Lipinski definition) is 5. The molecule has 0 rings (SSSR count). The number of rotatable bonds is 43. The van der Waals surface area contributed by atoms with Crippen molar-refractivity contribution in [2.75, 3.05) is 6.61 Å². The van der Waals surface area contributed by atoms with Crippen LogP contribution in [0, 0.1) is 0 Å². The summed E-state index contributed by atoms with van der Waals surface area (Å²) in [4.78, 5) is 26.0. The second kappa shape index (κ2) is 42.7. The lowest BCUT2D eigenvalue weighted by atomic mass is 10.0. The number of esters is 1. The highest BCUT2D eigenvalue weighted by molar-refractivity contribution is 5.77. The Morgan fingerprint density at radius 2 is 0.907 bits per heavy atom. The Kier molecular flexibility index (Phi) is 41.6. The SMILES string of the molecule is CCCCCCCCC/C=C\CCCC(CC(=O)NC(CO)C(O)CCCCCCCCCCC)OC(=O)CCCCCCCCCCCCCCCC. The highest BCUT2D eigenvalue weighted by Crippen LogP contribution is 2.17. The molecule has 0 aliphatic heterocycles. The summed E-state index contributed by atoms with van der Waals surface area (Å²) in [5, 5.41) is 23.6. The van der Waals surface area contributed by atoms with Crippen LogP contribution in [0.2, 0.25) is 0 Å². The smallest absolute Gasteiger partial charge is 0.306 e. The number of carbonyl (C=O) groups is 2. The molecule has 6 nitrogen and oxygen atoms in total. The first-order chi connectivity index (χ1) is 26.5. The number of nitrogens with one attached hydrogen (secondary N) is 1. The molecule has 6 heteroatoms. The van der Waals surface area contributed by atoms with Crippen molar-refractivity contribution in [1.82, 2.24) is 5.32 Å². The predicted molar refractivity (Wildman–Crippen MR) is 232 cm³/mol. The van der Waals surface area contributed by atoms with Crippen LogP contribution in [0.15, 0.2) is 12.2 Å². The summed E-state index contributed by atoms with van der Waals surface area (Å²) in [5.74, 6) is -0.491. The van der Waals surface area contributed by atoms with E-state index in [-0.39, 0.29) is 24.9 Å². The first kappa shape index (κ1) is 52.6. The summed E-state index contributed by atoms with van der Waals surface area (Å²) in [7, 11) is 0. The molecule has 3 atom stereocenters. The van der Waals surface area contributed by atoms with E-state index in [1.165, 1.54) is 154 Å². The van der Waals surface area contributed by atoms with Crippen molar-refractivity contribution < 1.29 is 24.5 Å². The Morgan fingerprint density at radius 3 is 1.35 bits per heavy atom. The molecule has 0 radical (unpaired) electrons. The first-order valence-corrected chi connectivity index (χ1v) is 23.9. The number of allylic oxidation sites excluding steroid dienone is 2. The van der Waals surface area contributed by atoms with Gasteiger partial charge < -0.3 is 20.3 Å². The highest BCUT2D eigenvalue weighted by atomic mass is 16.5. The average molecular weight is 764 g/mol. The normalized spacial score (nSPS) is 13.4. The third kappa shape index (κ3) is 37.5. The number of aliphatic hydroxyl groups is 2. The van der Waals surface area contributed by atoms with E-state index in [0.717, 1.165) is 57.8 Å². The number of hydrogen-bond donors (Lipinski definition) is 3. The third-order valence-corrected chi connectivity index (χ3v) is 11.1. The minimum Gasteiger partial charge on any atom is -0.462 e. The Bertz CT molecular complexity index is 817. The van der Waals surface area contributed by atoms with Gasteiger partial charge in [-0.1, -0.05) is 213 Å². The minimum absolute atomic E-state index is 0.0630. The maximum atomic E-state index is 13.1. The monoisotopic (exact) mass is 764 g/mol. The van der Waals surface area contributed by atoms with Gasteiger partial charge in [-0.05, 0) is 44.9 Å². The molecule has 0 aromatic heterocycles. The highest BCUT2D eigenvalue weighted by Gasteiger charge is 2.24. The van der Waals surface area contributed by atoms with Gasteiger partial charge in [0.2, 0.25) is 5.91 Å². The van der Waals surface area contributed by atoms with Crippen LogP contribution in [-0.2, 0) is 14.3 Å². The number of amides is 1. The van der Waals surface area contributed by atoms with Crippen LogP contribution in [0.3, 0.4) is 0 Å². The molecule has 0 fully saturated rings. The van der Waals surface area contributed by atoms with Crippen molar-refractivity contribution in [3.63, 3.8) is 0 Å². The molecule has 0 spiro atoms.